The largest absolute Gasteiger partial charge is 0.350 e. The lowest BCUT2D eigenvalue weighted by molar-refractivity contribution is 0.102. The zero-order valence-electron chi connectivity index (χ0n) is 27.2. The fraction of sp³-hybridized carbons (Fsp3) is 0.306. The number of nitrogens with zero attached hydrogens (tertiary/aromatic N) is 5. The standard InChI is InChI=1S/C36H38ClFN8O/c1-23-13-32(38)31(16-25(23)8-9-29-20-39-34-33(7-6-11-46(29)34)42-28-18-40-41-19-28)35(47)43-27-15-24(14-26(17-27)36(2,3)37)21-45-12-10-30(22-45)44(4)5/h6-7,11,13-20,30,42H,10,12,21-22H2,1-5H3,(H,40,41)(H,43,47). The Hall–Kier alpha value is -4.69. The molecule has 2 aromatic carbocycles. The van der Waals surface area contributed by atoms with Gasteiger partial charge in [-0.05, 0) is 100 Å². The van der Waals surface area contributed by atoms with Crippen LogP contribution >= 0.6 is 11.6 Å². The third-order valence-corrected chi connectivity index (χ3v) is 8.74. The van der Waals surface area contributed by atoms with Crippen molar-refractivity contribution in [3.8, 4) is 11.8 Å². The molecule has 9 nitrogen and oxygen atoms in total. The Kier molecular flexibility index (Phi) is 9.06. The Bertz CT molecular complexity index is 1980. The van der Waals surface area contributed by atoms with Gasteiger partial charge in [-0.1, -0.05) is 12.0 Å². The number of carbonyl (C=O) groups is 1. The molecular weight excluding hydrogens is 615 g/mol. The number of aryl methyl sites for hydroxylation is 1. The minimum atomic E-state index is -0.654. The average molecular weight is 653 g/mol. The third kappa shape index (κ3) is 7.33. The quantitative estimate of drug-likeness (QED) is 0.131. The number of aromatic amines is 1. The second kappa shape index (κ2) is 13.2. The first-order valence-electron chi connectivity index (χ1n) is 15.5. The lowest BCUT2D eigenvalue weighted by Crippen LogP contribution is -2.31. The number of nitrogens with one attached hydrogen (secondary N) is 3. The number of alkyl halides is 1. The molecule has 6 rings (SSSR count). The van der Waals surface area contributed by atoms with E-state index < -0.39 is 16.6 Å². The van der Waals surface area contributed by atoms with Gasteiger partial charge in [0.25, 0.3) is 5.91 Å². The van der Waals surface area contributed by atoms with Crippen LogP contribution in [-0.2, 0) is 11.4 Å². The first kappa shape index (κ1) is 32.3. The predicted molar refractivity (Wildman–Crippen MR) is 185 cm³/mol. The molecule has 47 heavy (non-hydrogen) atoms. The molecule has 5 aromatic rings. The van der Waals surface area contributed by atoms with Crippen molar-refractivity contribution in [2.24, 2.45) is 0 Å². The summed E-state index contributed by atoms with van der Waals surface area (Å²) < 4.78 is 17.1. The van der Waals surface area contributed by atoms with Crippen molar-refractivity contribution in [2.75, 3.05) is 37.8 Å². The Morgan fingerprint density at radius 1 is 1.17 bits per heavy atom. The van der Waals surface area contributed by atoms with Crippen molar-refractivity contribution < 1.29 is 9.18 Å². The summed E-state index contributed by atoms with van der Waals surface area (Å²) >= 11 is 6.73. The maximum Gasteiger partial charge on any atom is 0.258 e. The zero-order chi connectivity index (χ0) is 33.3. The fourth-order valence-corrected chi connectivity index (χ4v) is 5.93. The molecule has 3 N–H and O–H groups in total. The summed E-state index contributed by atoms with van der Waals surface area (Å²) in [6.07, 6.45) is 8.10. The number of amides is 1. The highest BCUT2D eigenvalue weighted by Gasteiger charge is 2.25. The van der Waals surface area contributed by atoms with Gasteiger partial charge in [-0.2, -0.15) is 5.10 Å². The number of imidazole rings is 1. The number of likely N-dealkylation sites (tertiary alicyclic amines) is 1. The van der Waals surface area contributed by atoms with E-state index >= 15 is 4.39 Å². The Balaban J connectivity index is 1.25. The Morgan fingerprint density at radius 2 is 2.00 bits per heavy atom. The number of H-pyrrole nitrogens is 1. The molecule has 0 saturated carbocycles. The number of anilines is 3. The molecule has 0 aliphatic carbocycles. The molecule has 11 heteroatoms. The average Bonchev–Trinajstić information content (AvgIpc) is 3.78. The molecule has 1 aliphatic heterocycles. The number of carbonyl (C=O) groups excluding carboxylic acids is 1. The van der Waals surface area contributed by atoms with Gasteiger partial charge in [0.1, 0.15) is 11.5 Å². The van der Waals surface area contributed by atoms with Gasteiger partial charge < -0.3 is 15.5 Å². The first-order valence-corrected chi connectivity index (χ1v) is 15.9. The molecule has 0 radical (unpaired) electrons. The van der Waals surface area contributed by atoms with Crippen molar-refractivity contribution in [1.82, 2.24) is 29.4 Å². The number of hydrogen-bond acceptors (Lipinski definition) is 6. The van der Waals surface area contributed by atoms with Crippen LogP contribution < -0.4 is 10.6 Å². The highest BCUT2D eigenvalue weighted by atomic mass is 35.5. The van der Waals surface area contributed by atoms with E-state index in [1.54, 1.807) is 25.5 Å². The summed E-state index contributed by atoms with van der Waals surface area (Å²) in [6.45, 7) is 8.31. The van der Waals surface area contributed by atoms with Gasteiger partial charge in [-0.3, -0.25) is 19.2 Å². The second-order valence-electron chi connectivity index (χ2n) is 12.8. The highest BCUT2D eigenvalue weighted by molar-refractivity contribution is 6.23. The van der Waals surface area contributed by atoms with Gasteiger partial charge in [0.2, 0.25) is 0 Å². The Labute approximate surface area is 279 Å². The summed E-state index contributed by atoms with van der Waals surface area (Å²) in [5.41, 5.74) is 6.50. The summed E-state index contributed by atoms with van der Waals surface area (Å²) in [5.74, 6) is 5.11. The van der Waals surface area contributed by atoms with Crippen LogP contribution in [0.5, 0.6) is 0 Å². The Morgan fingerprint density at radius 3 is 2.72 bits per heavy atom. The molecule has 242 valence electrons. The van der Waals surface area contributed by atoms with E-state index in [1.807, 2.05) is 48.7 Å². The van der Waals surface area contributed by atoms with Crippen LogP contribution in [0.4, 0.5) is 21.5 Å². The van der Waals surface area contributed by atoms with E-state index in [0.29, 0.717) is 34.2 Å². The number of aromatic nitrogens is 4. The van der Waals surface area contributed by atoms with E-state index in [9.17, 15) is 4.79 Å². The minimum Gasteiger partial charge on any atom is -0.350 e. The van der Waals surface area contributed by atoms with Gasteiger partial charge in [0.05, 0.1) is 34.2 Å². The molecule has 1 fully saturated rings. The minimum absolute atomic E-state index is 0.0879. The summed E-state index contributed by atoms with van der Waals surface area (Å²) in [4.78, 5) is 22.1. The van der Waals surface area contributed by atoms with Crippen LogP contribution in [0.25, 0.3) is 5.65 Å². The first-order chi connectivity index (χ1) is 22.4. The van der Waals surface area contributed by atoms with Crippen LogP contribution in [0, 0.1) is 24.6 Å². The molecule has 3 aromatic heterocycles. The summed E-state index contributed by atoms with van der Waals surface area (Å²) in [7, 11) is 4.22. The van der Waals surface area contributed by atoms with Crippen molar-refractivity contribution in [3.63, 3.8) is 0 Å². The normalized spacial score (nSPS) is 15.2. The smallest absolute Gasteiger partial charge is 0.258 e. The lowest BCUT2D eigenvalue weighted by Gasteiger charge is -2.23. The number of benzene rings is 2. The summed E-state index contributed by atoms with van der Waals surface area (Å²) in [5, 5.41) is 13.0. The number of halogens is 2. The second-order valence-corrected chi connectivity index (χ2v) is 13.7. The number of likely N-dealkylation sites (N-methyl/N-ethyl adjacent to an activating group) is 1. The molecule has 1 unspecified atom stereocenters. The topological polar surface area (TPSA) is 93.6 Å². The molecule has 1 atom stereocenters. The van der Waals surface area contributed by atoms with Gasteiger partial charge in [-0.25, -0.2) is 9.37 Å². The van der Waals surface area contributed by atoms with Crippen LogP contribution in [0.1, 0.15) is 58.6 Å². The number of pyridine rings is 1. The number of rotatable bonds is 8. The SMILES string of the molecule is Cc1cc(F)c(C(=O)Nc2cc(CN3CCC(N(C)C)C3)cc(C(C)(C)Cl)c2)cc1C#Cc1cnc2c(Nc3cn[nH]c3)cccn12. The molecule has 1 aliphatic rings. The van der Waals surface area contributed by atoms with E-state index in [1.165, 1.54) is 12.1 Å². The molecular formula is C36H38ClFN8O. The monoisotopic (exact) mass is 652 g/mol. The van der Waals surface area contributed by atoms with Crippen molar-refractivity contribution >= 4 is 40.2 Å². The third-order valence-electron chi connectivity index (χ3n) is 8.52. The van der Waals surface area contributed by atoms with E-state index in [-0.39, 0.29) is 5.56 Å². The predicted octanol–water partition coefficient (Wildman–Crippen LogP) is 6.51. The van der Waals surface area contributed by atoms with Crippen molar-refractivity contribution in [3.05, 3.63) is 107 Å². The van der Waals surface area contributed by atoms with E-state index in [4.69, 9.17) is 11.6 Å². The molecule has 0 bridgehead atoms. The van der Waals surface area contributed by atoms with Crippen molar-refractivity contribution in [1.29, 1.82) is 0 Å². The fourth-order valence-electron chi connectivity index (χ4n) is 5.82. The maximum atomic E-state index is 15.3. The molecule has 1 amide bonds. The van der Waals surface area contributed by atoms with E-state index in [2.05, 4.69) is 67.6 Å². The van der Waals surface area contributed by atoms with Gasteiger partial charge in [-0.15, -0.1) is 11.6 Å². The summed E-state index contributed by atoms with van der Waals surface area (Å²) in [6, 6.07) is 13.1. The molecule has 4 heterocycles. The van der Waals surface area contributed by atoms with Gasteiger partial charge in [0, 0.05) is 49.3 Å². The number of fused-ring (bicyclic) bond motifs is 1. The van der Waals surface area contributed by atoms with Crippen LogP contribution in [0.3, 0.4) is 0 Å². The van der Waals surface area contributed by atoms with Gasteiger partial charge in [0.15, 0.2) is 5.65 Å². The lowest BCUT2D eigenvalue weighted by atomic mass is 9.98. The van der Waals surface area contributed by atoms with Crippen LogP contribution in [0.2, 0.25) is 0 Å². The molecule has 1 saturated heterocycles. The van der Waals surface area contributed by atoms with Crippen LogP contribution in [-0.4, -0.2) is 68.5 Å². The number of hydrogen-bond donors (Lipinski definition) is 3. The zero-order valence-corrected chi connectivity index (χ0v) is 27.9. The molecule has 0 spiro atoms. The van der Waals surface area contributed by atoms with Gasteiger partial charge >= 0.3 is 0 Å². The van der Waals surface area contributed by atoms with Crippen molar-refractivity contribution in [2.45, 2.75) is 44.7 Å². The van der Waals surface area contributed by atoms with E-state index in [0.717, 1.165) is 48.6 Å². The van der Waals surface area contributed by atoms with Crippen LogP contribution in [0.15, 0.2) is 67.3 Å². The highest BCUT2D eigenvalue weighted by Crippen LogP contribution is 2.32. The maximum absolute atomic E-state index is 15.3.